The summed E-state index contributed by atoms with van der Waals surface area (Å²) in [5, 5.41) is 13.0. The number of hydrogen-bond acceptors (Lipinski definition) is 5. The number of piperidine rings is 1. The standard InChI is InChI=1S/C19H18ClN3O2S/c20-16-4-2-1-3-14(16)11-17(24)23-8-5-13(6-9-23)18-21-22-19(25-18)15-7-10-26-12-15/h1-4,7,10,12-13H,5-6,8-9,11H2. The zero-order valence-corrected chi connectivity index (χ0v) is 15.7. The molecule has 0 spiro atoms. The van der Waals surface area contributed by atoms with Gasteiger partial charge in [-0.1, -0.05) is 29.8 Å². The van der Waals surface area contributed by atoms with Crippen LogP contribution in [0.5, 0.6) is 0 Å². The SMILES string of the molecule is O=C(Cc1ccccc1Cl)N1CCC(c2nnc(-c3ccsc3)o2)CC1. The van der Waals surface area contributed by atoms with Crippen molar-refractivity contribution in [3.05, 3.63) is 57.6 Å². The lowest BCUT2D eigenvalue weighted by molar-refractivity contribution is -0.131. The van der Waals surface area contributed by atoms with Gasteiger partial charge in [0.2, 0.25) is 17.7 Å². The molecule has 1 amide bonds. The van der Waals surface area contributed by atoms with E-state index in [0.29, 0.717) is 36.3 Å². The van der Waals surface area contributed by atoms with Crippen molar-refractivity contribution in [2.45, 2.75) is 25.2 Å². The quantitative estimate of drug-likeness (QED) is 0.665. The molecule has 4 rings (SSSR count). The van der Waals surface area contributed by atoms with E-state index in [0.717, 1.165) is 24.0 Å². The molecular weight excluding hydrogens is 370 g/mol. The van der Waals surface area contributed by atoms with Gasteiger partial charge < -0.3 is 9.32 Å². The molecule has 0 unspecified atom stereocenters. The van der Waals surface area contributed by atoms with E-state index in [1.54, 1.807) is 11.3 Å². The first-order chi connectivity index (χ1) is 12.7. The smallest absolute Gasteiger partial charge is 0.248 e. The van der Waals surface area contributed by atoms with Crippen LogP contribution in [0.2, 0.25) is 5.02 Å². The molecule has 2 aromatic heterocycles. The van der Waals surface area contributed by atoms with E-state index in [1.807, 2.05) is 46.0 Å². The fourth-order valence-corrected chi connectivity index (χ4v) is 4.03. The van der Waals surface area contributed by atoms with Crippen molar-refractivity contribution in [1.82, 2.24) is 15.1 Å². The molecule has 1 aliphatic rings. The molecule has 0 saturated carbocycles. The molecule has 0 aliphatic carbocycles. The molecule has 0 atom stereocenters. The van der Waals surface area contributed by atoms with Crippen LogP contribution in [0.4, 0.5) is 0 Å². The second kappa shape index (κ2) is 7.60. The molecule has 7 heteroatoms. The van der Waals surface area contributed by atoms with Crippen LogP contribution in [0.3, 0.4) is 0 Å². The van der Waals surface area contributed by atoms with Gasteiger partial charge in [-0.05, 0) is 35.9 Å². The highest BCUT2D eigenvalue weighted by molar-refractivity contribution is 7.08. The molecule has 0 radical (unpaired) electrons. The van der Waals surface area contributed by atoms with Crippen molar-refractivity contribution in [3.63, 3.8) is 0 Å². The van der Waals surface area contributed by atoms with Gasteiger partial charge in [0.05, 0.1) is 6.42 Å². The number of thiophene rings is 1. The lowest BCUT2D eigenvalue weighted by atomic mass is 9.96. The Morgan fingerprint density at radius 1 is 1.23 bits per heavy atom. The van der Waals surface area contributed by atoms with Gasteiger partial charge in [0.1, 0.15) is 0 Å². The molecule has 3 aromatic rings. The summed E-state index contributed by atoms with van der Waals surface area (Å²) in [5.74, 6) is 1.56. The molecule has 134 valence electrons. The summed E-state index contributed by atoms with van der Waals surface area (Å²) in [7, 11) is 0. The Morgan fingerprint density at radius 3 is 2.77 bits per heavy atom. The summed E-state index contributed by atoms with van der Waals surface area (Å²) in [6.07, 6.45) is 2.01. The maximum Gasteiger partial charge on any atom is 0.248 e. The summed E-state index contributed by atoms with van der Waals surface area (Å²) >= 11 is 7.76. The van der Waals surface area contributed by atoms with Gasteiger partial charge in [0.25, 0.3) is 0 Å². The number of carbonyl (C=O) groups is 1. The number of amides is 1. The zero-order chi connectivity index (χ0) is 17.9. The predicted molar refractivity (Wildman–Crippen MR) is 101 cm³/mol. The summed E-state index contributed by atoms with van der Waals surface area (Å²) in [6.45, 7) is 1.40. The summed E-state index contributed by atoms with van der Waals surface area (Å²) in [4.78, 5) is 14.4. The minimum atomic E-state index is 0.112. The fraction of sp³-hybridized carbons (Fsp3) is 0.316. The van der Waals surface area contributed by atoms with E-state index in [9.17, 15) is 4.79 Å². The number of nitrogens with zero attached hydrogens (tertiary/aromatic N) is 3. The van der Waals surface area contributed by atoms with E-state index < -0.39 is 0 Å². The van der Waals surface area contributed by atoms with Crippen molar-refractivity contribution >= 4 is 28.8 Å². The number of rotatable bonds is 4. The average Bonchev–Trinajstić information content (AvgIpc) is 3.35. The molecule has 1 aromatic carbocycles. The fourth-order valence-electron chi connectivity index (χ4n) is 3.19. The number of halogens is 1. The highest BCUT2D eigenvalue weighted by Gasteiger charge is 2.27. The largest absolute Gasteiger partial charge is 0.420 e. The first-order valence-corrected chi connectivity index (χ1v) is 9.90. The second-order valence-electron chi connectivity index (χ2n) is 6.38. The van der Waals surface area contributed by atoms with Crippen LogP contribution < -0.4 is 0 Å². The van der Waals surface area contributed by atoms with Crippen LogP contribution in [0.15, 0.2) is 45.5 Å². The van der Waals surface area contributed by atoms with Crippen molar-refractivity contribution in [2.75, 3.05) is 13.1 Å². The second-order valence-corrected chi connectivity index (χ2v) is 7.57. The minimum Gasteiger partial charge on any atom is -0.420 e. The van der Waals surface area contributed by atoms with Gasteiger partial charge in [0, 0.05) is 35.0 Å². The molecular formula is C19H18ClN3O2S. The number of carbonyl (C=O) groups excluding carboxylic acids is 1. The lowest BCUT2D eigenvalue weighted by Crippen LogP contribution is -2.38. The van der Waals surface area contributed by atoms with Crippen molar-refractivity contribution in [2.24, 2.45) is 0 Å². The maximum absolute atomic E-state index is 12.5. The van der Waals surface area contributed by atoms with E-state index >= 15 is 0 Å². The third-order valence-corrected chi connectivity index (χ3v) is 5.76. The number of likely N-dealkylation sites (tertiary alicyclic amines) is 1. The monoisotopic (exact) mass is 387 g/mol. The lowest BCUT2D eigenvalue weighted by Gasteiger charge is -2.30. The van der Waals surface area contributed by atoms with Crippen LogP contribution >= 0.6 is 22.9 Å². The Labute approximate surface area is 160 Å². The Kier molecular flexibility index (Phi) is 5.04. The Hall–Kier alpha value is -2.18. The van der Waals surface area contributed by atoms with Crippen LogP contribution in [0.25, 0.3) is 11.5 Å². The Bertz CT molecular complexity index is 886. The number of aromatic nitrogens is 2. The Morgan fingerprint density at radius 2 is 2.04 bits per heavy atom. The van der Waals surface area contributed by atoms with E-state index in [-0.39, 0.29) is 11.8 Å². The molecule has 0 N–H and O–H groups in total. The first kappa shape index (κ1) is 17.2. The van der Waals surface area contributed by atoms with Crippen LogP contribution in [0.1, 0.15) is 30.2 Å². The molecule has 3 heterocycles. The van der Waals surface area contributed by atoms with Crippen molar-refractivity contribution in [3.8, 4) is 11.5 Å². The summed E-state index contributed by atoms with van der Waals surface area (Å²) in [5.41, 5.74) is 1.83. The highest BCUT2D eigenvalue weighted by Crippen LogP contribution is 2.30. The van der Waals surface area contributed by atoms with Crippen LogP contribution in [-0.2, 0) is 11.2 Å². The molecule has 1 aliphatic heterocycles. The van der Waals surface area contributed by atoms with Gasteiger partial charge in [0.15, 0.2) is 0 Å². The molecule has 5 nitrogen and oxygen atoms in total. The maximum atomic E-state index is 12.5. The zero-order valence-electron chi connectivity index (χ0n) is 14.1. The highest BCUT2D eigenvalue weighted by atomic mass is 35.5. The Balaban J connectivity index is 1.35. The number of hydrogen-bond donors (Lipinski definition) is 0. The summed E-state index contributed by atoms with van der Waals surface area (Å²) in [6, 6.07) is 9.46. The van der Waals surface area contributed by atoms with E-state index in [4.69, 9.17) is 16.0 Å². The molecule has 0 bridgehead atoms. The summed E-state index contributed by atoms with van der Waals surface area (Å²) < 4.78 is 5.84. The minimum absolute atomic E-state index is 0.112. The number of benzene rings is 1. The van der Waals surface area contributed by atoms with Crippen molar-refractivity contribution < 1.29 is 9.21 Å². The van der Waals surface area contributed by atoms with E-state index in [2.05, 4.69) is 10.2 Å². The van der Waals surface area contributed by atoms with Gasteiger partial charge in [-0.15, -0.1) is 10.2 Å². The van der Waals surface area contributed by atoms with Gasteiger partial charge in [-0.2, -0.15) is 11.3 Å². The molecule has 1 saturated heterocycles. The molecule has 26 heavy (non-hydrogen) atoms. The van der Waals surface area contributed by atoms with Crippen molar-refractivity contribution in [1.29, 1.82) is 0 Å². The van der Waals surface area contributed by atoms with Crippen LogP contribution in [-0.4, -0.2) is 34.1 Å². The third kappa shape index (κ3) is 3.66. The average molecular weight is 388 g/mol. The van der Waals surface area contributed by atoms with Gasteiger partial charge >= 0.3 is 0 Å². The normalized spacial score (nSPS) is 15.3. The van der Waals surface area contributed by atoms with Gasteiger partial charge in [-0.25, -0.2) is 0 Å². The first-order valence-electron chi connectivity index (χ1n) is 8.58. The predicted octanol–water partition coefficient (Wildman–Crippen LogP) is 4.40. The topological polar surface area (TPSA) is 59.2 Å². The van der Waals surface area contributed by atoms with Gasteiger partial charge in [-0.3, -0.25) is 4.79 Å². The van der Waals surface area contributed by atoms with Crippen LogP contribution in [0, 0.1) is 0 Å². The van der Waals surface area contributed by atoms with E-state index in [1.165, 1.54) is 0 Å². The third-order valence-electron chi connectivity index (χ3n) is 4.71. The molecule has 1 fully saturated rings.